The van der Waals surface area contributed by atoms with Crippen molar-refractivity contribution in [3.63, 3.8) is 0 Å². The summed E-state index contributed by atoms with van der Waals surface area (Å²) in [5, 5.41) is 4.68. The lowest BCUT2D eigenvalue weighted by atomic mass is 10.00. The highest BCUT2D eigenvalue weighted by atomic mass is 32.2. The fourth-order valence-electron chi connectivity index (χ4n) is 5.71. The van der Waals surface area contributed by atoms with Crippen LogP contribution in [-0.4, -0.2) is 52.2 Å². The number of likely N-dealkylation sites (tertiary alicyclic amines) is 1. The van der Waals surface area contributed by atoms with Gasteiger partial charge in [0.15, 0.2) is 5.65 Å². The van der Waals surface area contributed by atoms with Gasteiger partial charge in [-0.2, -0.15) is 4.39 Å². The van der Waals surface area contributed by atoms with E-state index in [-0.39, 0.29) is 22.1 Å². The molecular weight excluding hydrogens is 544 g/mol. The van der Waals surface area contributed by atoms with Gasteiger partial charge in [-0.25, -0.2) is 21.8 Å². The SMILES string of the molecule is CCc1c(-c2cccc(F)c2)c2cc(-c3cn(C4CCN(C)CC4)nc3F)cnc2n1S(=O)(=O)c1ccc(C)cc1. The minimum absolute atomic E-state index is 0.0985. The van der Waals surface area contributed by atoms with Gasteiger partial charge in [0.2, 0.25) is 5.95 Å². The van der Waals surface area contributed by atoms with Crippen molar-refractivity contribution >= 4 is 21.1 Å². The summed E-state index contributed by atoms with van der Waals surface area (Å²) in [6.07, 6.45) is 5.27. The van der Waals surface area contributed by atoms with Crippen molar-refractivity contribution in [2.24, 2.45) is 0 Å². The molecule has 0 bridgehead atoms. The standard InChI is InChI=1S/C31H31F2N5O2S/c1-4-28-29(21-6-5-7-23(32)16-21)26-17-22(27-19-37(35-30(27)33)24-12-14-36(3)15-13-24)18-34-31(26)38(28)41(39,40)25-10-8-20(2)9-11-25/h5-11,16-19,24H,4,12-15H2,1-3H3. The minimum atomic E-state index is -4.06. The number of halogens is 2. The first kappa shape index (κ1) is 27.3. The first-order valence-electron chi connectivity index (χ1n) is 13.7. The summed E-state index contributed by atoms with van der Waals surface area (Å²) < 4.78 is 60.7. The van der Waals surface area contributed by atoms with Gasteiger partial charge in [-0.05, 0) is 82.2 Å². The molecule has 2 aromatic carbocycles. The molecule has 41 heavy (non-hydrogen) atoms. The number of nitrogens with zero attached hydrogens (tertiary/aromatic N) is 5. The van der Waals surface area contributed by atoms with E-state index >= 15 is 4.39 Å². The highest BCUT2D eigenvalue weighted by Gasteiger charge is 2.29. The van der Waals surface area contributed by atoms with Gasteiger partial charge < -0.3 is 4.90 Å². The lowest BCUT2D eigenvalue weighted by molar-refractivity contribution is 0.210. The van der Waals surface area contributed by atoms with Crippen molar-refractivity contribution in [2.75, 3.05) is 20.1 Å². The minimum Gasteiger partial charge on any atom is -0.306 e. The molecule has 0 aliphatic carbocycles. The number of hydrogen-bond donors (Lipinski definition) is 0. The van der Waals surface area contributed by atoms with Gasteiger partial charge in [-0.3, -0.25) is 4.68 Å². The number of fused-ring (bicyclic) bond motifs is 1. The third-order valence-corrected chi connectivity index (χ3v) is 9.67. The number of aromatic nitrogens is 4. The molecule has 1 aliphatic rings. The molecule has 5 aromatic rings. The Kier molecular flexibility index (Phi) is 6.99. The van der Waals surface area contributed by atoms with Crippen LogP contribution in [0.15, 0.2) is 71.9 Å². The molecule has 1 fully saturated rings. The third-order valence-electron chi connectivity index (χ3n) is 7.93. The maximum Gasteiger partial charge on any atom is 0.269 e. The van der Waals surface area contributed by atoms with E-state index in [1.54, 1.807) is 53.3 Å². The summed E-state index contributed by atoms with van der Waals surface area (Å²) in [5.41, 5.74) is 3.44. The van der Waals surface area contributed by atoms with Crippen LogP contribution in [0.25, 0.3) is 33.3 Å². The highest BCUT2D eigenvalue weighted by molar-refractivity contribution is 7.90. The summed E-state index contributed by atoms with van der Waals surface area (Å²) in [6.45, 7) is 5.56. The van der Waals surface area contributed by atoms with E-state index in [1.165, 1.54) is 22.3 Å². The second-order valence-electron chi connectivity index (χ2n) is 10.7. The smallest absolute Gasteiger partial charge is 0.269 e. The van der Waals surface area contributed by atoms with Crippen LogP contribution in [0.5, 0.6) is 0 Å². The number of hydrogen-bond acceptors (Lipinski definition) is 5. The molecule has 4 heterocycles. The Balaban J connectivity index is 1.56. The molecule has 0 N–H and O–H groups in total. The van der Waals surface area contributed by atoms with Gasteiger partial charge in [0.25, 0.3) is 10.0 Å². The molecule has 10 heteroatoms. The average Bonchev–Trinajstić information content (AvgIpc) is 3.51. The number of aryl methyl sites for hydroxylation is 1. The van der Waals surface area contributed by atoms with E-state index in [2.05, 4.69) is 22.0 Å². The Labute approximate surface area is 238 Å². The first-order valence-corrected chi connectivity index (χ1v) is 15.2. The summed E-state index contributed by atoms with van der Waals surface area (Å²) in [6, 6.07) is 14.5. The van der Waals surface area contributed by atoms with E-state index < -0.39 is 21.8 Å². The zero-order valence-corrected chi connectivity index (χ0v) is 24.0. The van der Waals surface area contributed by atoms with Crippen molar-refractivity contribution < 1.29 is 17.2 Å². The Morgan fingerprint density at radius 1 is 1.00 bits per heavy atom. The van der Waals surface area contributed by atoms with Crippen LogP contribution < -0.4 is 0 Å². The Morgan fingerprint density at radius 3 is 2.41 bits per heavy atom. The van der Waals surface area contributed by atoms with Crippen LogP contribution in [0.3, 0.4) is 0 Å². The second-order valence-corrected chi connectivity index (χ2v) is 12.5. The van der Waals surface area contributed by atoms with Gasteiger partial charge >= 0.3 is 0 Å². The Bertz CT molecular complexity index is 1850. The largest absolute Gasteiger partial charge is 0.306 e. The topological polar surface area (TPSA) is 73.0 Å². The first-order chi connectivity index (χ1) is 19.7. The van der Waals surface area contributed by atoms with Crippen molar-refractivity contribution in [1.82, 2.24) is 23.6 Å². The van der Waals surface area contributed by atoms with Crippen LogP contribution in [-0.2, 0) is 16.4 Å². The maximum atomic E-state index is 15.3. The zero-order chi connectivity index (χ0) is 28.9. The van der Waals surface area contributed by atoms with E-state index in [1.807, 2.05) is 13.8 Å². The quantitative estimate of drug-likeness (QED) is 0.240. The number of rotatable bonds is 6. The van der Waals surface area contributed by atoms with Gasteiger partial charge in [0.1, 0.15) is 5.82 Å². The lowest BCUT2D eigenvalue weighted by Crippen LogP contribution is -2.31. The molecule has 1 aliphatic heterocycles. The molecule has 0 spiro atoms. The molecule has 7 nitrogen and oxygen atoms in total. The predicted molar refractivity (Wildman–Crippen MR) is 155 cm³/mol. The van der Waals surface area contributed by atoms with E-state index in [4.69, 9.17) is 0 Å². The fourth-order valence-corrected chi connectivity index (χ4v) is 7.28. The lowest BCUT2D eigenvalue weighted by Gasteiger charge is -2.28. The van der Waals surface area contributed by atoms with Crippen LogP contribution >= 0.6 is 0 Å². The van der Waals surface area contributed by atoms with E-state index in [9.17, 15) is 12.8 Å². The van der Waals surface area contributed by atoms with Crippen LogP contribution in [0, 0.1) is 18.7 Å². The molecule has 0 unspecified atom stereocenters. The van der Waals surface area contributed by atoms with Gasteiger partial charge in [-0.1, -0.05) is 36.8 Å². The summed E-state index contributed by atoms with van der Waals surface area (Å²) in [4.78, 5) is 6.96. The predicted octanol–water partition coefficient (Wildman–Crippen LogP) is 6.22. The fraction of sp³-hybridized carbons (Fsp3) is 0.290. The normalized spacial score (nSPS) is 15.1. The summed E-state index contributed by atoms with van der Waals surface area (Å²) in [5.74, 6) is -1.05. The third kappa shape index (κ3) is 4.85. The Morgan fingerprint density at radius 2 is 1.73 bits per heavy atom. The molecule has 6 rings (SSSR count). The number of benzene rings is 2. The molecule has 212 valence electrons. The number of pyridine rings is 1. The van der Waals surface area contributed by atoms with Crippen molar-refractivity contribution in [2.45, 2.75) is 44.0 Å². The van der Waals surface area contributed by atoms with Crippen molar-refractivity contribution in [1.29, 1.82) is 0 Å². The Hall–Kier alpha value is -3.89. The van der Waals surface area contributed by atoms with Crippen molar-refractivity contribution in [3.8, 4) is 22.3 Å². The van der Waals surface area contributed by atoms with Gasteiger partial charge in [0, 0.05) is 34.6 Å². The molecule has 0 atom stereocenters. The molecular formula is C31H31F2N5O2S. The van der Waals surface area contributed by atoms with Crippen LogP contribution in [0.1, 0.15) is 37.1 Å². The second kappa shape index (κ2) is 10.5. The summed E-state index contributed by atoms with van der Waals surface area (Å²) >= 11 is 0. The molecule has 0 radical (unpaired) electrons. The van der Waals surface area contributed by atoms with E-state index in [0.29, 0.717) is 34.2 Å². The molecule has 1 saturated heterocycles. The average molecular weight is 576 g/mol. The summed E-state index contributed by atoms with van der Waals surface area (Å²) in [7, 11) is -1.99. The number of piperidine rings is 1. The van der Waals surface area contributed by atoms with Gasteiger partial charge in [-0.15, -0.1) is 5.10 Å². The molecule has 0 saturated carbocycles. The monoisotopic (exact) mass is 575 g/mol. The molecule has 3 aromatic heterocycles. The highest BCUT2D eigenvalue weighted by Crippen LogP contribution is 2.39. The van der Waals surface area contributed by atoms with Crippen molar-refractivity contribution in [3.05, 3.63) is 90.0 Å². The molecule has 0 amide bonds. The maximum absolute atomic E-state index is 15.3. The van der Waals surface area contributed by atoms with Gasteiger partial charge in [0.05, 0.1) is 16.5 Å². The zero-order valence-electron chi connectivity index (χ0n) is 23.2. The van der Waals surface area contributed by atoms with Crippen LogP contribution in [0.2, 0.25) is 0 Å². The van der Waals surface area contributed by atoms with E-state index in [0.717, 1.165) is 31.5 Å². The van der Waals surface area contributed by atoms with Crippen LogP contribution in [0.4, 0.5) is 8.78 Å².